The zero-order chi connectivity index (χ0) is 11.3. The molecule has 0 saturated heterocycles. The van der Waals surface area contributed by atoms with E-state index >= 15 is 0 Å². The highest BCUT2D eigenvalue weighted by atomic mass is 35.5. The molecule has 0 amide bonds. The van der Waals surface area contributed by atoms with Crippen molar-refractivity contribution in [2.24, 2.45) is 5.92 Å². The van der Waals surface area contributed by atoms with Gasteiger partial charge < -0.3 is 4.52 Å². The molecule has 1 aromatic rings. The Kier molecular flexibility index (Phi) is 5.09. The van der Waals surface area contributed by atoms with Gasteiger partial charge in [-0.3, -0.25) is 0 Å². The van der Waals surface area contributed by atoms with Gasteiger partial charge in [0.25, 0.3) is 0 Å². The van der Waals surface area contributed by atoms with E-state index < -0.39 is 0 Å². The minimum absolute atomic E-state index is 0.107. The van der Waals surface area contributed by atoms with E-state index in [2.05, 4.69) is 30.9 Å². The van der Waals surface area contributed by atoms with Crippen LogP contribution in [-0.2, 0) is 6.42 Å². The summed E-state index contributed by atoms with van der Waals surface area (Å²) in [7, 11) is 0. The molecular formula is C11H19ClN2O. The molecule has 2 atom stereocenters. The summed E-state index contributed by atoms with van der Waals surface area (Å²) in [5.74, 6) is 1.93. The Hall–Kier alpha value is -0.570. The van der Waals surface area contributed by atoms with Gasteiger partial charge >= 0.3 is 0 Å². The van der Waals surface area contributed by atoms with Crippen LogP contribution in [0.2, 0.25) is 0 Å². The Morgan fingerprint density at radius 3 is 2.73 bits per heavy atom. The normalized spacial score (nSPS) is 15.2. The summed E-state index contributed by atoms with van der Waals surface area (Å²) in [6.07, 6.45) is 3.89. The van der Waals surface area contributed by atoms with E-state index in [-0.39, 0.29) is 5.38 Å². The second-order valence-corrected chi connectivity index (χ2v) is 4.55. The van der Waals surface area contributed by atoms with E-state index in [1.54, 1.807) is 0 Å². The topological polar surface area (TPSA) is 38.9 Å². The first-order valence-corrected chi connectivity index (χ1v) is 6.07. The lowest BCUT2D eigenvalue weighted by Crippen LogP contribution is -1.99. The second-order valence-electron chi connectivity index (χ2n) is 4.02. The molecule has 1 heterocycles. The zero-order valence-corrected chi connectivity index (χ0v) is 10.4. The van der Waals surface area contributed by atoms with Crippen LogP contribution in [0, 0.1) is 5.92 Å². The van der Waals surface area contributed by atoms with E-state index in [9.17, 15) is 0 Å². The number of halogens is 1. The molecule has 0 radical (unpaired) electrons. The summed E-state index contributed by atoms with van der Waals surface area (Å²) in [6, 6.07) is 0. The summed E-state index contributed by atoms with van der Waals surface area (Å²) >= 11 is 6.11. The summed E-state index contributed by atoms with van der Waals surface area (Å²) in [6.45, 7) is 6.42. The molecule has 0 fully saturated rings. The third kappa shape index (κ3) is 3.82. The number of hydrogen-bond acceptors (Lipinski definition) is 3. The van der Waals surface area contributed by atoms with Crippen molar-refractivity contribution in [3.8, 4) is 0 Å². The van der Waals surface area contributed by atoms with Crippen LogP contribution in [0.25, 0.3) is 0 Å². The standard InChI is InChI=1S/C11H19ClN2O/c1-4-6-9(12)11-13-10(15-14-11)7-8(3)5-2/h8-9H,4-7H2,1-3H3. The van der Waals surface area contributed by atoms with Crippen LogP contribution in [0.4, 0.5) is 0 Å². The maximum absolute atomic E-state index is 6.11. The van der Waals surface area contributed by atoms with Crippen molar-refractivity contribution >= 4 is 11.6 Å². The molecule has 0 spiro atoms. The molecule has 0 aromatic carbocycles. The quantitative estimate of drug-likeness (QED) is 0.699. The Balaban J connectivity index is 2.55. The van der Waals surface area contributed by atoms with E-state index in [1.807, 2.05) is 0 Å². The fourth-order valence-corrected chi connectivity index (χ4v) is 1.61. The molecule has 0 bridgehead atoms. The first kappa shape index (κ1) is 12.5. The number of hydrogen-bond donors (Lipinski definition) is 0. The van der Waals surface area contributed by atoms with Crippen LogP contribution in [-0.4, -0.2) is 10.1 Å². The van der Waals surface area contributed by atoms with Crippen LogP contribution < -0.4 is 0 Å². The third-order valence-electron chi connectivity index (χ3n) is 2.53. The maximum atomic E-state index is 6.11. The molecule has 1 rings (SSSR count). The Labute approximate surface area is 96.2 Å². The average molecular weight is 231 g/mol. The van der Waals surface area contributed by atoms with Gasteiger partial charge in [-0.25, -0.2) is 0 Å². The maximum Gasteiger partial charge on any atom is 0.226 e. The van der Waals surface area contributed by atoms with Gasteiger partial charge in [0.15, 0.2) is 5.82 Å². The smallest absolute Gasteiger partial charge is 0.226 e. The van der Waals surface area contributed by atoms with Gasteiger partial charge in [0.1, 0.15) is 0 Å². The van der Waals surface area contributed by atoms with Crippen LogP contribution in [0.5, 0.6) is 0 Å². The fourth-order valence-electron chi connectivity index (χ4n) is 1.30. The number of alkyl halides is 1. The molecular weight excluding hydrogens is 212 g/mol. The predicted molar refractivity (Wildman–Crippen MR) is 61.0 cm³/mol. The lowest BCUT2D eigenvalue weighted by atomic mass is 10.1. The number of aromatic nitrogens is 2. The first-order valence-electron chi connectivity index (χ1n) is 5.63. The van der Waals surface area contributed by atoms with Gasteiger partial charge in [0.2, 0.25) is 5.89 Å². The highest BCUT2D eigenvalue weighted by Gasteiger charge is 2.15. The molecule has 4 heteroatoms. The minimum atomic E-state index is -0.107. The zero-order valence-electron chi connectivity index (χ0n) is 9.66. The van der Waals surface area contributed by atoms with Gasteiger partial charge in [-0.2, -0.15) is 4.98 Å². The Morgan fingerprint density at radius 1 is 1.40 bits per heavy atom. The monoisotopic (exact) mass is 230 g/mol. The van der Waals surface area contributed by atoms with E-state index in [1.165, 1.54) is 0 Å². The molecule has 0 aliphatic heterocycles. The van der Waals surface area contributed by atoms with Gasteiger partial charge in [-0.05, 0) is 12.3 Å². The Bertz CT molecular complexity index is 288. The molecule has 0 aliphatic carbocycles. The van der Waals surface area contributed by atoms with Gasteiger partial charge in [-0.15, -0.1) is 11.6 Å². The predicted octanol–water partition coefficient (Wildman–Crippen LogP) is 3.74. The van der Waals surface area contributed by atoms with Gasteiger partial charge in [-0.1, -0.05) is 38.8 Å². The highest BCUT2D eigenvalue weighted by Crippen LogP contribution is 2.23. The van der Waals surface area contributed by atoms with E-state index in [0.717, 1.165) is 25.7 Å². The molecule has 0 aliphatic rings. The molecule has 86 valence electrons. The first-order chi connectivity index (χ1) is 7.17. The van der Waals surface area contributed by atoms with Crippen LogP contribution in [0.1, 0.15) is 57.1 Å². The van der Waals surface area contributed by atoms with Crippen LogP contribution in [0.15, 0.2) is 4.52 Å². The van der Waals surface area contributed by atoms with Gasteiger partial charge in [0, 0.05) is 6.42 Å². The molecule has 0 saturated carbocycles. The van der Waals surface area contributed by atoms with Crippen molar-refractivity contribution in [1.29, 1.82) is 0 Å². The molecule has 0 N–H and O–H groups in total. The number of rotatable bonds is 6. The average Bonchev–Trinajstić information content (AvgIpc) is 2.66. The minimum Gasteiger partial charge on any atom is -0.339 e. The van der Waals surface area contributed by atoms with Crippen LogP contribution in [0.3, 0.4) is 0 Å². The van der Waals surface area contributed by atoms with Crippen molar-refractivity contribution < 1.29 is 4.52 Å². The molecule has 15 heavy (non-hydrogen) atoms. The second kappa shape index (κ2) is 6.11. The van der Waals surface area contributed by atoms with E-state index in [0.29, 0.717) is 17.6 Å². The van der Waals surface area contributed by atoms with Crippen molar-refractivity contribution in [3.63, 3.8) is 0 Å². The summed E-state index contributed by atoms with van der Waals surface area (Å²) in [5.41, 5.74) is 0. The lowest BCUT2D eigenvalue weighted by Gasteiger charge is -2.02. The molecule has 2 unspecified atom stereocenters. The van der Waals surface area contributed by atoms with Crippen molar-refractivity contribution in [2.75, 3.05) is 0 Å². The van der Waals surface area contributed by atoms with E-state index in [4.69, 9.17) is 16.1 Å². The van der Waals surface area contributed by atoms with Crippen LogP contribution >= 0.6 is 11.6 Å². The summed E-state index contributed by atoms with van der Waals surface area (Å²) in [4.78, 5) is 4.31. The summed E-state index contributed by atoms with van der Waals surface area (Å²) < 4.78 is 5.16. The SMILES string of the molecule is CCCC(Cl)c1noc(CC(C)CC)n1. The fraction of sp³-hybridized carbons (Fsp3) is 0.818. The van der Waals surface area contributed by atoms with Crippen molar-refractivity contribution in [1.82, 2.24) is 10.1 Å². The third-order valence-corrected chi connectivity index (χ3v) is 2.94. The Morgan fingerprint density at radius 2 is 2.13 bits per heavy atom. The molecule has 1 aromatic heterocycles. The van der Waals surface area contributed by atoms with Crippen molar-refractivity contribution in [2.45, 2.75) is 51.8 Å². The lowest BCUT2D eigenvalue weighted by molar-refractivity contribution is 0.351. The largest absolute Gasteiger partial charge is 0.339 e. The highest BCUT2D eigenvalue weighted by molar-refractivity contribution is 6.20. The van der Waals surface area contributed by atoms with Gasteiger partial charge in [0.05, 0.1) is 5.38 Å². The number of nitrogens with zero attached hydrogens (tertiary/aromatic N) is 2. The summed E-state index contributed by atoms with van der Waals surface area (Å²) in [5, 5.41) is 3.80. The van der Waals surface area contributed by atoms with Crippen molar-refractivity contribution in [3.05, 3.63) is 11.7 Å². The molecule has 3 nitrogen and oxygen atoms in total.